The predicted octanol–water partition coefficient (Wildman–Crippen LogP) is 3.99. The third-order valence-electron chi connectivity index (χ3n) is 3.27. The molecule has 4 heteroatoms. The molecule has 0 aromatic carbocycles. The van der Waals surface area contributed by atoms with Crippen LogP contribution in [0.2, 0.25) is 5.02 Å². The van der Waals surface area contributed by atoms with E-state index in [1.54, 1.807) is 0 Å². The summed E-state index contributed by atoms with van der Waals surface area (Å²) in [5.74, 6) is 0.709. The van der Waals surface area contributed by atoms with Crippen molar-refractivity contribution in [2.75, 3.05) is 13.1 Å². The van der Waals surface area contributed by atoms with Crippen molar-refractivity contribution in [2.24, 2.45) is 5.92 Å². The summed E-state index contributed by atoms with van der Waals surface area (Å²) in [6.45, 7) is 13.7. The molecule has 0 radical (unpaired) electrons. The highest BCUT2D eigenvalue weighted by Crippen LogP contribution is 2.22. The maximum absolute atomic E-state index is 6.33. The van der Waals surface area contributed by atoms with Crippen LogP contribution in [-0.4, -0.2) is 22.9 Å². The molecule has 20 heavy (non-hydrogen) atoms. The van der Waals surface area contributed by atoms with E-state index in [0.717, 1.165) is 48.9 Å². The van der Waals surface area contributed by atoms with Crippen molar-refractivity contribution in [2.45, 2.75) is 54.0 Å². The Bertz CT molecular complexity index is 447. The van der Waals surface area contributed by atoms with Crippen molar-refractivity contribution in [1.82, 2.24) is 15.1 Å². The van der Waals surface area contributed by atoms with Crippen molar-refractivity contribution in [3.63, 3.8) is 0 Å². The fourth-order valence-corrected chi connectivity index (χ4v) is 2.39. The average Bonchev–Trinajstić information content (AvgIpc) is 2.65. The van der Waals surface area contributed by atoms with E-state index in [-0.39, 0.29) is 0 Å². The molecule has 0 amide bonds. The maximum atomic E-state index is 6.33. The van der Waals surface area contributed by atoms with Crippen LogP contribution in [0.1, 0.15) is 45.5 Å². The number of halogens is 1. The molecule has 0 aliphatic carbocycles. The van der Waals surface area contributed by atoms with E-state index in [9.17, 15) is 0 Å². The van der Waals surface area contributed by atoms with Gasteiger partial charge < -0.3 is 5.32 Å². The Hall–Kier alpha value is -0.800. The first-order valence-corrected chi connectivity index (χ1v) is 7.91. The van der Waals surface area contributed by atoms with Gasteiger partial charge in [0, 0.05) is 13.0 Å². The van der Waals surface area contributed by atoms with Crippen LogP contribution in [0.15, 0.2) is 11.6 Å². The minimum Gasteiger partial charge on any atom is -0.316 e. The molecule has 1 aromatic rings. The molecule has 1 heterocycles. The van der Waals surface area contributed by atoms with E-state index in [0.29, 0.717) is 5.92 Å². The van der Waals surface area contributed by atoms with Crippen LogP contribution in [0.4, 0.5) is 0 Å². The zero-order valence-corrected chi connectivity index (χ0v) is 14.2. The Morgan fingerprint density at radius 3 is 2.75 bits per heavy atom. The van der Waals surface area contributed by atoms with Crippen LogP contribution < -0.4 is 5.32 Å². The van der Waals surface area contributed by atoms with Gasteiger partial charge in [-0.05, 0) is 46.2 Å². The van der Waals surface area contributed by atoms with Crippen LogP contribution in [0.5, 0.6) is 0 Å². The van der Waals surface area contributed by atoms with Gasteiger partial charge in [-0.15, -0.1) is 0 Å². The summed E-state index contributed by atoms with van der Waals surface area (Å²) in [5.41, 5.74) is 3.42. The molecule has 0 unspecified atom stereocenters. The lowest BCUT2D eigenvalue weighted by molar-refractivity contribution is 0.556. The van der Waals surface area contributed by atoms with E-state index in [4.69, 9.17) is 11.6 Å². The van der Waals surface area contributed by atoms with E-state index in [1.807, 2.05) is 11.6 Å². The number of nitrogens with zero attached hydrogens (tertiary/aromatic N) is 2. The number of rotatable bonds is 8. The highest BCUT2D eigenvalue weighted by atomic mass is 35.5. The minimum atomic E-state index is 0.709. The smallest absolute Gasteiger partial charge is 0.0850 e. The summed E-state index contributed by atoms with van der Waals surface area (Å²) in [7, 11) is 0. The Balaban J connectivity index is 2.51. The first-order valence-electron chi connectivity index (χ1n) is 7.53. The first kappa shape index (κ1) is 17.3. The summed E-state index contributed by atoms with van der Waals surface area (Å²) in [4.78, 5) is 0. The second kappa shape index (κ2) is 8.48. The summed E-state index contributed by atoms with van der Waals surface area (Å²) < 4.78 is 2.01. The van der Waals surface area contributed by atoms with Gasteiger partial charge in [-0.1, -0.05) is 37.1 Å². The van der Waals surface area contributed by atoms with E-state index >= 15 is 0 Å². The van der Waals surface area contributed by atoms with E-state index in [1.165, 1.54) is 5.57 Å². The average molecular weight is 298 g/mol. The van der Waals surface area contributed by atoms with Gasteiger partial charge in [0.25, 0.3) is 0 Å². The van der Waals surface area contributed by atoms with Gasteiger partial charge in [0.15, 0.2) is 0 Å². The third-order valence-corrected chi connectivity index (χ3v) is 3.76. The van der Waals surface area contributed by atoms with Gasteiger partial charge in [-0.25, -0.2) is 0 Å². The lowest BCUT2D eigenvalue weighted by Crippen LogP contribution is -2.20. The largest absolute Gasteiger partial charge is 0.316 e. The number of hydrogen-bond donors (Lipinski definition) is 1. The fourth-order valence-electron chi connectivity index (χ4n) is 2.19. The van der Waals surface area contributed by atoms with Crippen LogP contribution in [0.25, 0.3) is 0 Å². The van der Waals surface area contributed by atoms with E-state index < -0.39 is 0 Å². The van der Waals surface area contributed by atoms with Gasteiger partial charge in [0.1, 0.15) is 0 Å². The Morgan fingerprint density at radius 1 is 1.45 bits per heavy atom. The molecule has 0 fully saturated rings. The zero-order chi connectivity index (χ0) is 15.1. The van der Waals surface area contributed by atoms with Crippen LogP contribution in [-0.2, 0) is 13.0 Å². The molecule has 114 valence electrons. The summed E-state index contributed by atoms with van der Waals surface area (Å²) in [6, 6.07) is 0. The summed E-state index contributed by atoms with van der Waals surface area (Å²) >= 11 is 6.33. The molecule has 1 rings (SSSR count). The normalized spacial score (nSPS) is 12.4. The fraction of sp³-hybridized carbons (Fsp3) is 0.688. The maximum Gasteiger partial charge on any atom is 0.0850 e. The van der Waals surface area contributed by atoms with Crippen molar-refractivity contribution in [1.29, 1.82) is 0 Å². The molecule has 1 aromatic heterocycles. The predicted molar refractivity (Wildman–Crippen MR) is 87.4 cm³/mol. The SMILES string of the molecule is CCn1nc(C)c(Cl)c1CC(C)=CCCNCC(C)C. The van der Waals surface area contributed by atoms with Crippen molar-refractivity contribution < 1.29 is 0 Å². The van der Waals surface area contributed by atoms with Gasteiger partial charge in [-0.2, -0.15) is 5.10 Å². The Labute approximate surface area is 128 Å². The number of nitrogens with one attached hydrogen (secondary N) is 1. The molecular formula is C16H28ClN3. The highest BCUT2D eigenvalue weighted by Gasteiger charge is 2.12. The lowest BCUT2D eigenvalue weighted by Gasteiger charge is -2.07. The molecule has 0 aliphatic rings. The zero-order valence-electron chi connectivity index (χ0n) is 13.5. The monoisotopic (exact) mass is 297 g/mol. The third kappa shape index (κ3) is 5.29. The van der Waals surface area contributed by atoms with Gasteiger partial charge in [-0.3, -0.25) is 4.68 Å². The van der Waals surface area contributed by atoms with Crippen molar-refractivity contribution >= 4 is 11.6 Å². The van der Waals surface area contributed by atoms with Crippen LogP contribution >= 0.6 is 11.6 Å². The molecule has 0 saturated carbocycles. The van der Waals surface area contributed by atoms with Gasteiger partial charge >= 0.3 is 0 Å². The van der Waals surface area contributed by atoms with Crippen LogP contribution in [0.3, 0.4) is 0 Å². The van der Waals surface area contributed by atoms with Gasteiger partial charge in [0.05, 0.1) is 16.4 Å². The Morgan fingerprint density at radius 2 is 2.15 bits per heavy atom. The Kier molecular flexibility index (Phi) is 7.31. The minimum absolute atomic E-state index is 0.709. The molecule has 0 spiro atoms. The standard InChI is InChI=1S/C16H28ClN3/c1-6-20-15(16(17)14(5)19-20)10-13(4)8-7-9-18-11-12(2)3/h8,12,18H,6-7,9-11H2,1-5H3. The highest BCUT2D eigenvalue weighted by molar-refractivity contribution is 6.31. The summed E-state index contributed by atoms with van der Waals surface area (Å²) in [6.07, 6.45) is 4.25. The summed E-state index contributed by atoms with van der Waals surface area (Å²) in [5, 5.41) is 8.73. The molecule has 3 nitrogen and oxygen atoms in total. The molecule has 0 saturated heterocycles. The molecular weight excluding hydrogens is 270 g/mol. The van der Waals surface area contributed by atoms with Crippen molar-refractivity contribution in [3.05, 3.63) is 28.1 Å². The van der Waals surface area contributed by atoms with Gasteiger partial charge in [0.2, 0.25) is 0 Å². The number of hydrogen-bond acceptors (Lipinski definition) is 2. The molecule has 0 bridgehead atoms. The topological polar surface area (TPSA) is 29.9 Å². The molecule has 0 atom stereocenters. The van der Waals surface area contributed by atoms with E-state index in [2.05, 4.69) is 44.2 Å². The molecule has 1 N–H and O–H groups in total. The molecule has 0 aliphatic heterocycles. The number of aromatic nitrogens is 2. The lowest BCUT2D eigenvalue weighted by atomic mass is 10.1. The van der Waals surface area contributed by atoms with Crippen molar-refractivity contribution in [3.8, 4) is 0 Å². The first-order chi connectivity index (χ1) is 9.45. The second-order valence-electron chi connectivity index (χ2n) is 5.78. The van der Waals surface area contributed by atoms with Crippen LogP contribution in [0, 0.1) is 12.8 Å². The second-order valence-corrected chi connectivity index (χ2v) is 6.15. The quantitative estimate of drug-likeness (QED) is 0.581. The number of aryl methyl sites for hydroxylation is 2. The number of allylic oxidation sites excluding steroid dienone is 1.